The molecule has 24 heavy (non-hydrogen) atoms. The maximum absolute atomic E-state index is 14.1. The van der Waals surface area contributed by atoms with Crippen molar-refractivity contribution in [2.75, 3.05) is 0 Å². The third kappa shape index (κ3) is 3.37. The Hall–Kier alpha value is -2.50. The Labute approximate surface area is 134 Å². The molecule has 3 aromatic rings. The number of alkyl halides is 5. The predicted molar refractivity (Wildman–Crippen MR) is 81.7 cm³/mol. The highest BCUT2D eigenvalue weighted by Gasteiger charge is 2.46. The molecule has 0 atom stereocenters. The fourth-order valence-corrected chi connectivity index (χ4v) is 2.56. The maximum Gasteiger partial charge on any atom is 0.395 e. The zero-order valence-electron chi connectivity index (χ0n) is 12.3. The van der Waals surface area contributed by atoms with Gasteiger partial charge in [0.2, 0.25) is 0 Å². The van der Waals surface area contributed by atoms with Crippen LogP contribution in [-0.2, 0) is 5.92 Å². The van der Waals surface area contributed by atoms with Gasteiger partial charge in [-0.25, -0.2) is 4.98 Å². The van der Waals surface area contributed by atoms with Gasteiger partial charge in [-0.2, -0.15) is 22.0 Å². The second kappa shape index (κ2) is 5.85. The van der Waals surface area contributed by atoms with Crippen LogP contribution >= 0.6 is 0 Å². The number of rotatable bonds is 3. The highest BCUT2D eigenvalue weighted by Crippen LogP contribution is 2.41. The number of pyridine rings is 1. The Bertz CT molecular complexity index is 856. The average Bonchev–Trinajstić information content (AvgIpc) is 2.52. The number of nitrogens with zero attached hydrogens (tertiary/aromatic N) is 1. The van der Waals surface area contributed by atoms with Crippen molar-refractivity contribution in [3.05, 3.63) is 66.4 Å². The summed E-state index contributed by atoms with van der Waals surface area (Å²) in [7, 11) is 0. The van der Waals surface area contributed by atoms with Gasteiger partial charge in [0, 0.05) is 5.39 Å². The van der Waals surface area contributed by atoms with Crippen LogP contribution in [0.1, 0.15) is 12.1 Å². The third-order valence-corrected chi connectivity index (χ3v) is 3.60. The lowest BCUT2D eigenvalue weighted by Gasteiger charge is -2.19. The summed E-state index contributed by atoms with van der Waals surface area (Å²) < 4.78 is 65.6. The molecule has 0 aliphatic carbocycles. The van der Waals surface area contributed by atoms with Gasteiger partial charge in [-0.15, -0.1) is 0 Å². The monoisotopic (exact) mass is 337 g/mol. The molecule has 0 radical (unpaired) electrons. The molecule has 124 valence electrons. The number of fused-ring (bicyclic) bond motifs is 1. The lowest BCUT2D eigenvalue weighted by Crippen LogP contribution is -2.24. The van der Waals surface area contributed by atoms with Gasteiger partial charge in [0.25, 0.3) is 5.92 Å². The van der Waals surface area contributed by atoms with Gasteiger partial charge in [0.1, 0.15) is 12.1 Å². The van der Waals surface area contributed by atoms with Crippen molar-refractivity contribution < 1.29 is 22.0 Å². The topological polar surface area (TPSA) is 12.9 Å². The van der Waals surface area contributed by atoms with Crippen LogP contribution in [0, 0.1) is 0 Å². The summed E-state index contributed by atoms with van der Waals surface area (Å²) in [6.07, 6.45) is -7.22. The van der Waals surface area contributed by atoms with E-state index in [1.165, 1.54) is 6.07 Å². The lowest BCUT2D eigenvalue weighted by molar-refractivity contribution is -0.191. The molecule has 1 heterocycles. The minimum absolute atomic E-state index is 0.232. The van der Waals surface area contributed by atoms with E-state index in [0.717, 1.165) is 6.07 Å². The molecule has 3 rings (SSSR count). The van der Waals surface area contributed by atoms with Crippen molar-refractivity contribution in [1.82, 2.24) is 4.98 Å². The number of aromatic nitrogens is 1. The first-order chi connectivity index (χ1) is 11.3. The van der Waals surface area contributed by atoms with E-state index in [-0.39, 0.29) is 5.52 Å². The molecule has 1 nitrogen and oxygen atoms in total. The van der Waals surface area contributed by atoms with Crippen LogP contribution in [0.3, 0.4) is 0 Å². The number of benzene rings is 2. The van der Waals surface area contributed by atoms with Crippen molar-refractivity contribution in [2.24, 2.45) is 0 Å². The van der Waals surface area contributed by atoms with E-state index in [0.29, 0.717) is 16.5 Å². The first-order valence-electron chi connectivity index (χ1n) is 7.16. The van der Waals surface area contributed by atoms with E-state index in [1.54, 1.807) is 48.5 Å². The smallest absolute Gasteiger partial charge is 0.246 e. The van der Waals surface area contributed by atoms with Crippen LogP contribution in [0.25, 0.3) is 22.0 Å². The molecule has 0 amide bonds. The summed E-state index contributed by atoms with van der Waals surface area (Å²) in [5, 5.41) is 0.607. The number of hydrogen-bond acceptors (Lipinski definition) is 1. The third-order valence-electron chi connectivity index (χ3n) is 3.60. The van der Waals surface area contributed by atoms with Crippen LogP contribution < -0.4 is 0 Å². The zero-order valence-corrected chi connectivity index (χ0v) is 12.3. The van der Waals surface area contributed by atoms with Gasteiger partial charge < -0.3 is 0 Å². The SMILES string of the molecule is FC(F)(F)CC(F)(F)c1cc(-c2ccccc2)c2ccccc2n1. The number of halogens is 5. The highest BCUT2D eigenvalue weighted by molar-refractivity contribution is 5.94. The molecule has 0 aliphatic heterocycles. The molecular weight excluding hydrogens is 325 g/mol. The van der Waals surface area contributed by atoms with E-state index in [9.17, 15) is 22.0 Å². The molecule has 1 aromatic heterocycles. The van der Waals surface area contributed by atoms with Crippen molar-refractivity contribution in [3.63, 3.8) is 0 Å². The second-order valence-electron chi connectivity index (χ2n) is 5.43. The standard InChI is InChI=1S/C18H12F5N/c19-17(20,11-18(21,22)23)16-10-14(12-6-2-1-3-7-12)13-8-4-5-9-15(13)24-16/h1-10H,11H2. The van der Waals surface area contributed by atoms with E-state index in [4.69, 9.17) is 0 Å². The van der Waals surface area contributed by atoms with Gasteiger partial charge in [-0.1, -0.05) is 48.5 Å². The molecule has 6 heteroatoms. The summed E-state index contributed by atoms with van der Waals surface area (Å²) in [6.45, 7) is 0. The van der Waals surface area contributed by atoms with Crippen molar-refractivity contribution in [3.8, 4) is 11.1 Å². The van der Waals surface area contributed by atoms with E-state index in [1.807, 2.05) is 0 Å². The Kier molecular flexibility index (Phi) is 3.99. The van der Waals surface area contributed by atoms with Gasteiger partial charge in [0.15, 0.2) is 0 Å². The summed E-state index contributed by atoms with van der Waals surface area (Å²) in [5.74, 6) is -4.09. The van der Waals surface area contributed by atoms with Gasteiger partial charge in [-0.05, 0) is 23.3 Å². The molecule has 0 saturated heterocycles. The molecule has 0 saturated carbocycles. The average molecular weight is 337 g/mol. The fraction of sp³-hybridized carbons (Fsp3) is 0.167. The van der Waals surface area contributed by atoms with E-state index in [2.05, 4.69) is 4.98 Å². The summed E-state index contributed by atoms with van der Waals surface area (Å²) in [4.78, 5) is 3.77. The van der Waals surface area contributed by atoms with Crippen molar-refractivity contribution in [1.29, 1.82) is 0 Å². The zero-order chi connectivity index (χ0) is 17.4. The largest absolute Gasteiger partial charge is 0.395 e. The Morgan fingerprint density at radius 1 is 0.792 bits per heavy atom. The van der Waals surface area contributed by atoms with Crippen LogP contribution in [0.4, 0.5) is 22.0 Å². The highest BCUT2D eigenvalue weighted by atomic mass is 19.4. The molecule has 0 unspecified atom stereocenters. The maximum atomic E-state index is 14.1. The number of hydrogen-bond donors (Lipinski definition) is 0. The van der Waals surface area contributed by atoms with Gasteiger partial charge in [-0.3, -0.25) is 0 Å². The lowest BCUT2D eigenvalue weighted by atomic mass is 9.98. The van der Waals surface area contributed by atoms with Gasteiger partial charge >= 0.3 is 6.18 Å². The normalized spacial score (nSPS) is 12.5. The molecule has 0 N–H and O–H groups in total. The molecule has 0 spiro atoms. The van der Waals surface area contributed by atoms with Crippen LogP contribution in [0.15, 0.2) is 60.7 Å². The van der Waals surface area contributed by atoms with Gasteiger partial charge in [0.05, 0.1) is 5.52 Å². The van der Waals surface area contributed by atoms with Crippen LogP contribution in [0.5, 0.6) is 0 Å². The van der Waals surface area contributed by atoms with E-state index < -0.39 is 24.2 Å². The summed E-state index contributed by atoms with van der Waals surface area (Å²) >= 11 is 0. The van der Waals surface area contributed by atoms with Crippen molar-refractivity contribution >= 4 is 10.9 Å². The molecule has 0 fully saturated rings. The molecule has 0 bridgehead atoms. The first kappa shape index (κ1) is 16.4. The summed E-state index contributed by atoms with van der Waals surface area (Å²) in [5.41, 5.74) is 0.422. The number of para-hydroxylation sites is 1. The van der Waals surface area contributed by atoms with Crippen LogP contribution in [0.2, 0.25) is 0 Å². The molecule has 2 aromatic carbocycles. The molecule has 0 aliphatic rings. The Morgan fingerprint density at radius 3 is 2.08 bits per heavy atom. The minimum Gasteiger partial charge on any atom is -0.246 e. The molecular formula is C18H12F5N. The quantitative estimate of drug-likeness (QED) is 0.539. The Balaban J connectivity index is 2.21. The Morgan fingerprint density at radius 2 is 1.42 bits per heavy atom. The van der Waals surface area contributed by atoms with Crippen LogP contribution in [-0.4, -0.2) is 11.2 Å². The van der Waals surface area contributed by atoms with Crippen molar-refractivity contribution in [2.45, 2.75) is 18.5 Å². The predicted octanol–water partition coefficient (Wildman–Crippen LogP) is 5.95. The van der Waals surface area contributed by atoms with E-state index >= 15 is 0 Å². The minimum atomic E-state index is -4.98. The summed E-state index contributed by atoms with van der Waals surface area (Å²) in [6, 6.07) is 16.3. The fourth-order valence-electron chi connectivity index (χ4n) is 2.56. The second-order valence-corrected chi connectivity index (χ2v) is 5.43. The first-order valence-corrected chi connectivity index (χ1v) is 7.16.